The quantitative estimate of drug-likeness (QED) is 0.797. The Morgan fingerprint density at radius 3 is 2.25 bits per heavy atom. The normalized spacial score (nSPS) is 11.8. The lowest BCUT2D eigenvalue weighted by Gasteiger charge is -2.22. The Morgan fingerprint density at radius 1 is 1.20 bits per heavy atom. The maximum Gasteiger partial charge on any atom is 0.246 e. The lowest BCUT2D eigenvalue weighted by Crippen LogP contribution is -2.32. The summed E-state index contributed by atoms with van der Waals surface area (Å²) < 4.78 is 32.0. The first-order valence-electron chi connectivity index (χ1n) is 6.79. The van der Waals surface area contributed by atoms with Gasteiger partial charge in [0.1, 0.15) is 10.6 Å². The van der Waals surface area contributed by atoms with Gasteiger partial charge in [-0.2, -0.15) is 4.31 Å². The van der Waals surface area contributed by atoms with Crippen molar-refractivity contribution in [3.8, 4) is 5.75 Å². The first-order valence-corrected chi connectivity index (χ1v) is 8.23. The van der Waals surface area contributed by atoms with Crippen molar-refractivity contribution in [3.63, 3.8) is 0 Å². The maximum atomic E-state index is 12.7. The van der Waals surface area contributed by atoms with E-state index in [1.54, 1.807) is 12.1 Å². The zero-order valence-corrected chi connectivity index (χ0v) is 13.1. The van der Waals surface area contributed by atoms with Gasteiger partial charge in [-0.25, -0.2) is 8.42 Å². The van der Waals surface area contributed by atoms with Gasteiger partial charge in [0.05, 0.1) is 13.7 Å². The number of aliphatic hydroxyl groups excluding tert-OH is 1. The molecule has 0 radical (unpaired) electrons. The molecule has 0 aromatic heterocycles. The standard InChI is InChI=1S/C14H23NO4S/c1-4-8-15(9-5-2)20(17,18)14-7-6-12(11-16)10-13(14)19-3/h6-7,10,16H,4-5,8-9,11H2,1-3H3. The summed E-state index contributed by atoms with van der Waals surface area (Å²) in [6, 6.07) is 4.66. The van der Waals surface area contributed by atoms with Crippen LogP contribution in [0.3, 0.4) is 0 Å². The first-order chi connectivity index (χ1) is 9.51. The van der Waals surface area contributed by atoms with E-state index in [2.05, 4.69) is 0 Å². The summed E-state index contributed by atoms with van der Waals surface area (Å²) >= 11 is 0. The van der Waals surface area contributed by atoms with Crippen molar-refractivity contribution in [1.29, 1.82) is 0 Å². The lowest BCUT2D eigenvalue weighted by molar-refractivity contribution is 0.280. The van der Waals surface area contributed by atoms with E-state index in [4.69, 9.17) is 9.84 Å². The van der Waals surface area contributed by atoms with Crippen LogP contribution in [0.5, 0.6) is 5.75 Å². The van der Waals surface area contributed by atoms with Gasteiger partial charge >= 0.3 is 0 Å². The summed E-state index contributed by atoms with van der Waals surface area (Å²) in [4.78, 5) is 0.152. The topological polar surface area (TPSA) is 66.8 Å². The fourth-order valence-corrected chi connectivity index (χ4v) is 3.77. The van der Waals surface area contributed by atoms with Gasteiger partial charge in [-0.3, -0.25) is 0 Å². The van der Waals surface area contributed by atoms with E-state index in [0.29, 0.717) is 18.7 Å². The number of ether oxygens (including phenoxy) is 1. The van der Waals surface area contributed by atoms with Gasteiger partial charge in [0.2, 0.25) is 10.0 Å². The van der Waals surface area contributed by atoms with E-state index in [1.807, 2.05) is 13.8 Å². The van der Waals surface area contributed by atoms with Crippen LogP contribution in [0.25, 0.3) is 0 Å². The molecule has 0 fully saturated rings. The van der Waals surface area contributed by atoms with E-state index in [9.17, 15) is 8.42 Å². The summed E-state index contributed by atoms with van der Waals surface area (Å²) in [5.41, 5.74) is 0.623. The Labute approximate surface area is 121 Å². The Kier molecular flexibility index (Phi) is 6.45. The second kappa shape index (κ2) is 7.61. The summed E-state index contributed by atoms with van der Waals surface area (Å²) in [5, 5.41) is 9.11. The molecule has 0 heterocycles. The molecule has 1 aromatic rings. The van der Waals surface area contributed by atoms with Crippen LogP contribution in [0.15, 0.2) is 23.1 Å². The SMILES string of the molecule is CCCN(CCC)S(=O)(=O)c1ccc(CO)cc1OC. The minimum atomic E-state index is -3.57. The van der Waals surface area contributed by atoms with E-state index in [-0.39, 0.29) is 17.3 Å². The highest BCUT2D eigenvalue weighted by molar-refractivity contribution is 7.89. The Hall–Kier alpha value is -1.11. The van der Waals surface area contributed by atoms with Crippen molar-refractivity contribution in [3.05, 3.63) is 23.8 Å². The number of sulfonamides is 1. The van der Waals surface area contributed by atoms with Crippen molar-refractivity contribution in [2.45, 2.75) is 38.2 Å². The van der Waals surface area contributed by atoms with Gasteiger partial charge in [-0.1, -0.05) is 19.9 Å². The largest absolute Gasteiger partial charge is 0.495 e. The van der Waals surface area contributed by atoms with Crippen LogP contribution in [0.1, 0.15) is 32.3 Å². The van der Waals surface area contributed by atoms with Crippen LogP contribution in [0.4, 0.5) is 0 Å². The Balaban J connectivity index is 3.25. The van der Waals surface area contributed by atoms with Gasteiger partial charge in [-0.05, 0) is 30.5 Å². The van der Waals surface area contributed by atoms with Crippen LogP contribution < -0.4 is 4.74 Å². The smallest absolute Gasteiger partial charge is 0.246 e. The Morgan fingerprint density at radius 2 is 1.80 bits per heavy atom. The zero-order valence-electron chi connectivity index (χ0n) is 12.3. The third kappa shape index (κ3) is 3.71. The van der Waals surface area contributed by atoms with Crippen LogP contribution in [-0.4, -0.2) is 38.0 Å². The average molecular weight is 301 g/mol. The number of aliphatic hydroxyl groups is 1. The highest BCUT2D eigenvalue weighted by atomic mass is 32.2. The molecular weight excluding hydrogens is 278 g/mol. The molecule has 0 amide bonds. The lowest BCUT2D eigenvalue weighted by atomic mass is 10.2. The van der Waals surface area contributed by atoms with Gasteiger partial charge in [0, 0.05) is 13.1 Å². The fraction of sp³-hybridized carbons (Fsp3) is 0.571. The van der Waals surface area contributed by atoms with Crippen molar-refractivity contribution in [1.82, 2.24) is 4.31 Å². The Bertz CT molecular complexity index is 522. The molecule has 0 bridgehead atoms. The molecule has 0 spiro atoms. The number of benzene rings is 1. The number of hydrogen-bond acceptors (Lipinski definition) is 4. The molecule has 20 heavy (non-hydrogen) atoms. The third-order valence-corrected chi connectivity index (χ3v) is 4.91. The van der Waals surface area contributed by atoms with Gasteiger partial charge in [-0.15, -0.1) is 0 Å². The summed E-state index contributed by atoms with van der Waals surface area (Å²) in [7, 11) is -2.14. The number of methoxy groups -OCH3 is 1. The minimum Gasteiger partial charge on any atom is -0.495 e. The fourth-order valence-electron chi connectivity index (χ4n) is 2.01. The second-order valence-electron chi connectivity index (χ2n) is 4.55. The monoisotopic (exact) mass is 301 g/mol. The molecular formula is C14H23NO4S. The first kappa shape index (κ1) is 16.9. The van der Waals surface area contributed by atoms with E-state index >= 15 is 0 Å². The molecule has 0 aliphatic heterocycles. The molecule has 0 saturated carbocycles. The highest BCUT2D eigenvalue weighted by Gasteiger charge is 2.26. The maximum absolute atomic E-state index is 12.7. The molecule has 0 atom stereocenters. The van der Waals surface area contributed by atoms with Crippen molar-refractivity contribution >= 4 is 10.0 Å². The molecule has 0 aliphatic rings. The van der Waals surface area contributed by atoms with Gasteiger partial charge in [0.25, 0.3) is 0 Å². The highest BCUT2D eigenvalue weighted by Crippen LogP contribution is 2.28. The summed E-state index contributed by atoms with van der Waals surface area (Å²) in [5.74, 6) is 0.272. The van der Waals surface area contributed by atoms with Gasteiger partial charge in [0.15, 0.2) is 0 Å². The molecule has 0 saturated heterocycles. The number of hydrogen-bond donors (Lipinski definition) is 1. The summed E-state index contributed by atoms with van der Waals surface area (Å²) in [6.07, 6.45) is 1.52. The molecule has 6 heteroatoms. The molecule has 1 aromatic carbocycles. The molecule has 114 valence electrons. The summed E-state index contributed by atoms with van der Waals surface area (Å²) in [6.45, 7) is 4.72. The van der Waals surface area contributed by atoms with Gasteiger partial charge < -0.3 is 9.84 Å². The molecule has 1 rings (SSSR count). The van der Waals surface area contributed by atoms with Crippen LogP contribution >= 0.6 is 0 Å². The predicted molar refractivity (Wildman–Crippen MR) is 78.3 cm³/mol. The zero-order chi connectivity index (χ0) is 15.2. The van der Waals surface area contributed by atoms with Crippen molar-refractivity contribution < 1.29 is 18.3 Å². The second-order valence-corrected chi connectivity index (χ2v) is 6.45. The third-order valence-electron chi connectivity index (χ3n) is 2.97. The average Bonchev–Trinajstić information content (AvgIpc) is 2.46. The van der Waals surface area contributed by atoms with Crippen LogP contribution in [0.2, 0.25) is 0 Å². The molecule has 0 aliphatic carbocycles. The number of rotatable bonds is 8. The molecule has 1 N–H and O–H groups in total. The van der Waals surface area contributed by atoms with Crippen LogP contribution in [0, 0.1) is 0 Å². The van der Waals surface area contributed by atoms with E-state index < -0.39 is 10.0 Å². The van der Waals surface area contributed by atoms with E-state index in [0.717, 1.165) is 12.8 Å². The number of nitrogens with zero attached hydrogens (tertiary/aromatic N) is 1. The van der Waals surface area contributed by atoms with Crippen LogP contribution in [-0.2, 0) is 16.6 Å². The van der Waals surface area contributed by atoms with Crippen molar-refractivity contribution in [2.75, 3.05) is 20.2 Å². The molecule has 0 unspecified atom stereocenters. The molecule has 5 nitrogen and oxygen atoms in total. The predicted octanol–water partition coefficient (Wildman–Crippen LogP) is 2.00. The van der Waals surface area contributed by atoms with E-state index in [1.165, 1.54) is 17.5 Å². The van der Waals surface area contributed by atoms with Crippen molar-refractivity contribution in [2.24, 2.45) is 0 Å². The minimum absolute atomic E-state index is 0.148.